The zero-order valence-electron chi connectivity index (χ0n) is 11.1. The number of nitrogens with one attached hydrogen (secondary N) is 2. The largest absolute Gasteiger partial charge is 0.478 e. The number of aromatic nitrogens is 1. The van der Waals surface area contributed by atoms with E-state index >= 15 is 0 Å². The van der Waals surface area contributed by atoms with Crippen molar-refractivity contribution in [3.63, 3.8) is 0 Å². The minimum atomic E-state index is -0.406. The number of ether oxygens (including phenoxy) is 1. The topological polar surface area (TPSA) is 71.2 Å². The fourth-order valence-electron chi connectivity index (χ4n) is 1.66. The van der Waals surface area contributed by atoms with Crippen LogP contribution in [0.5, 0.6) is 5.75 Å². The molecule has 5 nitrogen and oxygen atoms in total. The first-order valence-electron chi connectivity index (χ1n) is 6.03. The Morgan fingerprint density at radius 1 is 1.29 bits per heavy atom. The Morgan fingerprint density at radius 2 is 2.05 bits per heavy atom. The van der Waals surface area contributed by atoms with Crippen LogP contribution in [-0.4, -0.2) is 17.5 Å². The summed E-state index contributed by atoms with van der Waals surface area (Å²) in [7, 11) is 0. The number of hydrogen-bond donors (Lipinski definition) is 2. The second kappa shape index (κ2) is 6.65. The van der Waals surface area contributed by atoms with Crippen LogP contribution >= 0.6 is 23.2 Å². The molecule has 2 rings (SSSR count). The molecule has 1 aromatic heterocycles. The fourth-order valence-corrected chi connectivity index (χ4v) is 1.95. The number of carbonyl (C=O) groups is 1. The highest BCUT2D eigenvalue weighted by Gasteiger charge is 2.09. The second-order valence-electron chi connectivity index (χ2n) is 4.26. The first-order valence-corrected chi connectivity index (χ1v) is 6.79. The van der Waals surface area contributed by atoms with Crippen LogP contribution in [0.1, 0.15) is 5.69 Å². The molecule has 0 spiro atoms. The number of aromatic amines is 1. The summed E-state index contributed by atoms with van der Waals surface area (Å²) in [6.07, 6.45) is 1.51. The number of hydrogen-bond acceptors (Lipinski definition) is 3. The fraction of sp³-hybridized carbons (Fsp3) is 0.143. The van der Waals surface area contributed by atoms with Gasteiger partial charge in [-0.2, -0.15) is 0 Å². The van der Waals surface area contributed by atoms with Gasteiger partial charge in [0.25, 0.3) is 5.91 Å². The predicted octanol–water partition coefficient (Wildman–Crippen LogP) is 3.01. The SMILES string of the molecule is Cc1[nH]ccc(=O)c1OCC(=O)Nc1ccc(Cl)c(Cl)c1. The van der Waals surface area contributed by atoms with Crippen molar-refractivity contribution in [1.82, 2.24) is 4.98 Å². The van der Waals surface area contributed by atoms with Crippen molar-refractivity contribution in [3.05, 3.63) is 56.4 Å². The molecule has 0 fully saturated rings. The minimum absolute atomic E-state index is 0.127. The average molecular weight is 327 g/mol. The summed E-state index contributed by atoms with van der Waals surface area (Å²) in [5.74, 6) is -0.280. The molecule has 0 aliphatic heterocycles. The maximum Gasteiger partial charge on any atom is 0.262 e. The van der Waals surface area contributed by atoms with Crippen LogP contribution in [-0.2, 0) is 4.79 Å². The quantitative estimate of drug-likeness (QED) is 0.907. The molecule has 1 heterocycles. The van der Waals surface area contributed by atoms with E-state index in [0.717, 1.165) is 0 Å². The van der Waals surface area contributed by atoms with Gasteiger partial charge in [-0.1, -0.05) is 23.2 Å². The minimum Gasteiger partial charge on any atom is -0.478 e. The van der Waals surface area contributed by atoms with E-state index in [4.69, 9.17) is 27.9 Å². The van der Waals surface area contributed by atoms with E-state index in [-0.39, 0.29) is 17.8 Å². The van der Waals surface area contributed by atoms with Crippen LogP contribution in [0.25, 0.3) is 0 Å². The molecule has 0 radical (unpaired) electrons. The molecule has 21 heavy (non-hydrogen) atoms. The molecule has 1 aromatic carbocycles. The summed E-state index contributed by atoms with van der Waals surface area (Å²) in [5.41, 5.74) is 0.773. The lowest BCUT2D eigenvalue weighted by Gasteiger charge is -2.09. The van der Waals surface area contributed by atoms with Crippen molar-refractivity contribution in [2.75, 3.05) is 11.9 Å². The lowest BCUT2D eigenvalue weighted by atomic mass is 10.3. The van der Waals surface area contributed by atoms with Gasteiger partial charge < -0.3 is 15.0 Å². The smallest absolute Gasteiger partial charge is 0.262 e. The number of rotatable bonds is 4. The lowest BCUT2D eigenvalue weighted by molar-refractivity contribution is -0.118. The maximum atomic E-state index is 11.8. The number of H-pyrrole nitrogens is 1. The number of halogens is 2. The van der Waals surface area contributed by atoms with Gasteiger partial charge in [-0.3, -0.25) is 9.59 Å². The Bertz CT molecular complexity index is 728. The standard InChI is InChI=1S/C14H12Cl2N2O3/c1-8-14(12(19)4-5-17-8)21-7-13(20)18-9-2-3-10(15)11(16)6-9/h2-6H,7H2,1H3,(H,17,19)(H,18,20). The highest BCUT2D eigenvalue weighted by atomic mass is 35.5. The average Bonchev–Trinajstić information content (AvgIpc) is 2.42. The molecule has 0 atom stereocenters. The van der Waals surface area contributed by atoms with E-state index in [9.17, 15) is 9.59 Å². The Morgan fingerprint density at radius 3 is 2.71 bits per heavy atom. The van der Waals surface area contributed by atoms with Crippen molar-refractivity contribution in [2.24, 2.45) is 0 Å². The number of benzene rings is 1. The number of carbonyl (C=O) groups excluding carboxylic acids is 1. The third-order valence-electron chi connectivity index (χ3n) is 2.65. The zero-order chi connectivity index (χ0) is 15.4. The van der Waals surface area contributed by atoms with Gasteiger partial charge in [-0.25, -0.2) is 0 Å². The van der Waals surface area contributed by atoms with Gasteiger partial charge in [-0.15, -0.1) is 0 Å². The molecule has 0 saturated carbocycles. The van der Waals surface area contributed by atoms with Crippen LogP contribution in [0.15, 0.2) is 35.3 Å². The van der Waals surface area contributed by atoms with E-state index in [0.29, 0.717) is 21.4 Å². The third kappa shape index (κ3) is 4.00. The Labute approximate surface area is 130 Å². The van der Waals surface area contributed by atoms with Gasteiger partial charge in [0.1, 0.15) is 0 Å². The van der Waals surface area contributed by atoms with E-state index in [1.54, 1.807) is 19.1 Å². The summed E-state index contributed by atoms with van der Waals surface area (Å²) in [4.78, 5) is 26.2. The van der Waals surface area contributed by atoms with Crippen LogP contribution in [0.2, 0.25) is 10.0 Å². The first-order chi connectivity index (χ1) is 9.97. The summed E-state index contributed by atoms with van der Waals surface area (Å²) in [6.45, 7) is 1.40. The monoisotopic (exact) mass is 326 g/mol. The molecule has 0 bridgehead atoms. The second-order valence-corrected chi connectivity index (χ2v) is 5.08. The van der Waals surface area contributed by atoms with Crippen molar-refractivity contribution < 1.29 is 9.53 Å². The Hall–Kier alpha value is -1.98. The Balaban J connectivity index is 1.99. The molecule has 0 unspecified atom stereocenters. The van der Waals surface area contributed by atoms with Crippen molar-refractivity contribution in [2.45, 2.75) is 6.92 Å². The van der Waals surface area contributed by atoms with Gasteiger partial charge in [0.2, 0.25) is 5.43 Å². The van der Waals surface area contributed by atoms with Crippen LogP contribution in [0, 0.1) is 6.92 Å². The van der Waals surface area contributed by atoms with Crippen molar-refractivity contribution >= 4 is 34.8 Å². The van der Waals surface area contributed by atoms with Crippen molar-refractivity contribution in [3.8, 4) is 5.75 Å². The van der Waals surface area contributed by atoms with Gasteiger partial charge in [0.15, 0.2) is 12.4 Å². The van der Waals surface area contributed by atoms with E-state index < -0.39 is 5.91 Å². The number of anilines is 1. The van der Waals surface area contributed by atoms with Gasteiger partial charge in [-0.05, 0) is 25.1 Å². The molecule has 0 aliphatic carbocycles. The Kier molecular flexibility index (Phi) is 4.88. The molecule has 7 heteroatoms. The zero-order valence-corrected chi connectivity index (χ0v) is 12.6. The normalized spacial score (nSPS) is 10.2. The van der Waals surface area contributed by atoms with Crippen LogP contribution in [0.3, 0.4) is 0 Å². The molecule has 2 aromatic rings. The molecule has 0 saturated heterocycles. The molecule has 0 aliphatic rings. The summed E-state index contributed by atoms with van der Waals surface area (Å²) < 4.78 is 5.24. The lowest BCUT2D eigenvalue weighted by Crippen LogP contribution is -2.22. The molecular formula is C14H12Cl2N2O3. The molecule has 2 N–H and O–H groups in total. The summed E-state index contributed by atoms with van der Waals surface area (Å²) >= 11 is 11.6. The van der Waals surface area contributed by atoms with Crippen LogP contribution < -0.4 is 15.5 Å². The molecule has 110 valence electrons. The van der Waals surface area contributed by atoms with Crippen molar-refractivity contribution in [1.29, 1.82) is 0 Å². The third-order valence-corrected chi connectivity index (χ3v) is 3.39. The van der Waals surface area contributed by atoms with Gasteiger partial charge in [0.05, 0.1) is 15.7 Å². The van der Waals surface area contributed by atoms with Gasteiger partial charge in [0, 0.05) is 18.0 Å². The van der Waals surface area contributed by atoms with Gasteiger partial charge >= 0.3 is 0 Å². The highest BCUT2D eigenvalue weighted by molar-refractivity contribution is 6.42. The molecular weight excluding hydrogens is 315 g/mol. The van der Waals surface area contributed by atoms with E-state index in [1.165, 1.54) is 18.3 Å². The molecule has 1 amide bonds. The van der Waals surface area contributed by atoms with E-state index in [1.807, 2.05) is 0 Å². The number of aryl methyl sites for hydroxylation is 1. The summed E-state index contributed by atoms with van der Waals surface area (Å²) in [6, 6.07) is 6.06. The van der Waals surface area contributed by atoms with E-state index in [2.05, 4.69) is 10.3 Å². The predicted molar refractivity (Wildman–Crippen MR) is 82.4 cm³/mol. The first kappa shape index (κ1) is 15.4. The maximum absolute atomic E-state index is 11.8. The summed E-state index contributed by atoms with van der Waals surface area (Å²) in [5, 5.41) is 3.34. The number of pyridine rings is 1. The van der Waals surface area contributed by atoms with Crippen LogP contribution in [0.4, 0.5) is 5.69 Å². The number of amides is 1. The highest BCUT2D eigenvalue weighted by Crippen LogP contribution is 2.24.